The topological polar surface area (TPSA) is 50.5 Å². The van der Waals surface area contributed by atoms with Crippen LogP contribution in [0.4, 0.5) is 5.69 Å². The van der Waals surface area contributed by atoms with Crippen molar-refractivity contribution in [1.82, 2.24) is 14.6 Å². The number of hydrogen-bond donors (Lipinski definition) is 0. The van der Waals surface area contributed by atoms with E-state index in [9.17, 15) is 4.79 Å². The van der Waals surface area contributed by atoms with Gasteiger partial charge in [-0.2, -0.15) is 16.4 Å². The highest BCUT2D eigenvalue weighted by molar-refractivity contribution is 7.08. The van der Waals surface area contributed by atoms with Gasteiger partial charge in [-0.1, -0.05) is 0 Å². The number of nitrogens with zero attached hydrogens (tertiary/aromatic N) is 4. The van der Waals surface area contributed by atoms with E-state index in [-0.39, 0.29) is 5.78 Å². The molecule has 0 bridgehead atoms. The maximum atomic E-state index is 12.9. The third kappa shape index (κ3) is 2.70. The van der Waals surface area contributed by atoms with Gasteiger partial charge in [0, 0.05) is 42.5 Å². The highest BCUT2D eigenvalue weighted by atomic mass is 32.1. The second-order valence-corrected chi connectivity index (χ2v) is 6.69. The molecule has 1 aromatic carbocycles. The first-order chi connectivity index (χ1) is 12.1. The number of anilines is 1. The van der Waals surface area contributed by atoms with Gasteiger partial charge in [0.25, 0.3) is 0 Å². The molecule has 4 aromatic rings. The van der Waals surface area contributed by atoms with Gasteiger partial charge in [-0.25, -0.2) is 9.50 Å². The Balaban J connectivity index is 1.77. The summed E-state index contributed by atoms with van der Waals surface area (Å²) in [6.07, 6.45) is 3.32. The number of fused-ring (bicyclic) bond motifs is 1. The van der Waals surface area contributed by atoms with Crippen LogP contribution in [0.15, 0.2) is 59.6 Å². The first kappa shape index (κ1) is 15.5. The lowest BCUT2D eigenvalue weighted by atomic mass is 10.1. The largest absolute Gasteiger partial charge is 0.378 e. The van der Waals surface area contributed by atoms with Crippen LogP contribution in [0.2, 0.25) is 0 Å². The lowest BCUT2D eigenvalue weighted by molar-refractivity contribution is 0.104. The van der Waals surface area contributed by atoms with E-state index >= 15 is 0 Å². The van der Waals surface area contributed by atoms with Crippen LogP contribution in [-0.4, -0.2) is 34.5 Å². The van der Waals surface area contributed by atoms with Gasteiger partial charge in [-0.3, -0.25) is 4.79 Å². The molecule has 25 heavy (non-hydrogen) atoms. The minimum atomic E-state index is -0.0738. The van der Waals surface area contributed by atoms with E-state index in [4.69, 9.17) is 0 Å². The summed E-state index contributed by atoms with van der Waals surface area (Å²) >= 11 is 1.62. The normalized spacial score (nSPS) is 11.0. The van der Waals surface area contributed by atoms with E-state index in [1.54, 1.807) is 28.2 Å². The van der Waals surface area contributed by atoms with E-state index in [2.05, 4.69) is 15.5 Å². The van der Waals surface area contributed by atoms with Gasteiger partial charge in [-0.05, 0) is 41.8 Å². The summed E-state index contributed by atoms with van der Waals surface area (Å²) in [5.74, 6) is -0.0738. The Morgan fingerprint density at radius 2 is 1.92 bits per heavy atom. The van der Waals surface area contributed by atoms with Crippen LogP contribution in [-0.2, 0) is 0 Å². The Hall–Kier alpha value is -2.99. The zero-order valence-corrected chi connectivity index (χ0v) is 14.7. The summed E-state index contributed by atoms with van der Waals surface area (Å²) in [6, 6.07) is 11.5. The van der Waals surface area contributed by atoms with Crippen LogP contribution < -0.4 is 4.90 Å². The maximum absolute atomic E-state index is 12.9. The van der Waals surface area contributed by atoms with Crippen molar-refractivity contribution in [2.45, 2.75) is 0 Å². The van der Waals surface area contributed by atoms with Gasteiger partial charge < -0.3 is 4.90 Å². The summed E-state index contributed by atoms with van der Waals surface area (Å²) in [5.41, 5.74) is 4.75. The number of carbonyl (C=O) groups is 1. The van der Waals surface area contributed by atoms with Crippen molar-refractivity contribution in [3.05, 3.63) is 70.7 Å². The first-order valence-corrected chi connectivity index (χ1v) is 8.77. The lowest BCUT2D eigenvalue weighted by Crippen LogP contribution is -2.09. The molecule has 5 nitrogen and oxygen atoms in total. The number of benzene rings is 1. The molecule has 0 unspecified atom stereocenters. The van der Waals surface area contributed by atoms with Crippen LogP contribution in [0.3, 0.4) is 0 Å². The molecule has 4 rings (SSSR count). The smallest absolute Gasteiger partial charge is 0.198 e. The van der Waals surface area contributed by atoms with Gasteiger partial charge in [-0.15, -0.1) is 0 Å². The predicted molar refractivity (Wildman–Crippen MR) is 101 cm³/mol. The Bertz CT molecular complexity index is 1030. The molecule has 0 fully saturated rings. The molecule has 0 saturated heterocycles. The fourth-order valence-electron chi connectivity index (χ4n) is 2.75. The van der Waals surface area contributed by atoms with Crippen molar-refractivity contribution >= 4 is 28.5 Å². The van der Waals surface area contributed by atoms with E-state index in [1.165, 1.54) is 0 Å². The Kier molecular flexibility index (Phi) is 3.82. The van der Waals surface area contributed by atoms with E-state index in [0.29, 0.717) is 16.8 Å². The zero-order valence-electron chi connectivity index (χ0n) is 13.9. The Morgan fingerprint density at radius 1 is 1.12 bits per heavy atom. The standard InChI is InChI=1S/C19H16N4OS/c1-22(2)15-5-3-13(4-6-15)18(24)16-11-21-23-17(7-9-20-19(16)23)14-8-10-25-12-14/h3-12H,1-2H3. The van der Waals surface area contributed by atoms with Crippen molar-refractivity contribution in [2.75, 3.05) is 19.0 Å². The van der Waals surface area contributed by atoms with Crippen molar-refractivity contribution in [1.29, 1.82) is 0 Å². The van der Waals surface area contributed by atoms with E-state index in [1.807, 2.05) is 60.8 Å². The molecule has 3 aromatic heterocycles. The van der Waals surface area contributed by atoms with Gasteiger partial charge in [0.2, 0.25) is 0 Å². The minimum Gasteiger partial charge on any atom is -0.378 e. The van der Waals surface area contributed by atoms with Crippen LogP contribution >= 0.6 is 11.3 Å². The number of ketones is 1. The summed E-state index contributed by atoms with van der Waals surface area (Å²) < 4.78 is 1.73. The van der Waals surface area contributed by atoms with Crippen molar-refractivity contribution < 1.29 is 4.79 Å². The average Bonchev–Trinajstić information content (AvgIpc) is 3.30. The molecule has 0 N–H and O–H groups in total. The fourth-order valence-corrected chi connectivity index (χ4v) is 3.40. The zero-order chi connectivity index (χ0) is 17.4. The highest BCUT2D eigenvalue weighted by Gasteiger charge is 2.18. The molecule has 0 aliphatic rings. The minimum absolute atomic E-state index is 0.0738. The average molecular weight is 348 g/mol. The molecular weight excluding hydrogens is 332 g/mol. The van der Waals surface area contributed by atoms with Crippen molar-refractivity contribution in [3.8, 4) is 11.3 Å². The molecule has 124 valence electrons. The van der Waals surface area contributed by atoms with E-state index in [0.717, 1.165) is 16.9 Å². The van der Waals surface area contributed by atoms with Gasteiger partial charge in [0.1, 0.15) is 0 Å². The summed E-state index contributed by atoms with van der Waals surface area (Å²) in [4.78, 5) is 19.3. The molecule has 0 radical (unpaired) electrons. The second kappa shape index (κ2) is 6.14. The summed E-state index contributed by atoms with van der Waals surface area (Å²) in [7, 11) is 3.94. The maximum Gasteiger partial charge on any atom is 0.198 e. The number of carbonyl (C=O) groups excluding carboxylic acids is 1. The molecule has 0 aliphatic heterocycles. The fraction of sp³-hybridized carbons (Fsp3) is 0.105. The van der Waals surface area contributed by atoms with Gasteiger partial charge >= 0.3 is 0 Å². The van der Waals surface area contributed by atoms with Crippen LogP contribution in [0, 0.1) is 0 Å². The molecule has 0 amide bonds. The monoisotopic (exact) mass is 348 g/mol. The van der Waals surface area contributed by atoms with Gasteiger partial charge in [0.15, 0.2) is 11.4 Å². The van der Waals surface area contributed by atoms with Crippen molar-refractivity contribution in [2.24, 2.45) is 0 Å². The number of hydrogen-bond acceptors (Lipinski definition) is 5. The Labute approximate surface area is 149 Å². The molecule has 6 heteroatoms. The van der Waals surface area contributed by atoms with Gasteiger partial charge in [0.05, 0.1) is 17.5 Å². The quantitative estimate of drug-likeness (QED) is 0.527. The SMILES string of the molecule is CN(C)c1ccc(C(=O)c2cnn3c(-c4ccsc4)ccnc23)cc1. The van der Waals surface area contributed by atoms with Crippen LogP contribution in [0.5, 0.6) is 0 Å². The van der Waals surface area contributed by atoms with Crippen LogP contribution in [0.1, 0.15) is 15.9 Å². The summed E-state index contributed by atoms with van der Waals surface area (Å²) in [5, 5.41) is 8.47. The third-order valence-electron chi connectivity index (χ3n) is 4.11. The third-order valence-corrected chi connectivity index (χ3v) is 4.79. The number of rotatable bonds is 4. The lowest BCUT2D eigenvalue weighted by Gasteiger charge is -2.12. The first-order valence-electron chi connectivity index (χ1n) is 7.82. The summed E-state index contributed by atoms with van der Waals surface area (Å²) in [6.45, 7) is 0. The molecule has 0 atom stereocenters. The molecule has 0 aliphatic carbocycles. The molecule has 3 heterocycles. The van der Waals surface area contributed by atoms with Crippen LogP contribution in [0.25, 0.3) is 16.9 Å². The molecule has 0 spiro atoms. The second-order valence-electron chi connectivity index (χ2n) is 5.91. The number of aromatic nitrogens is 3. The molecule has 0 saturated carbocycles. The number of thiophene rings is 1. The Morgan fingerprint density at radius 3 is 2.60 bits per heavy atom. The van der Waals surface area contributed by atoms with E-state index < -0.39 is 0 Å². The predicted octanol–water partition coefficient (Wildman–Crippen LogP) is 3.75. The highest BCUT2D eigenvalue weighted by Crippen LogP contribution is 2.24. The molecular formula is C19H16N4OS. The van der Waals surface area contributed by atoms with Crippen molar-refractivity contribution in [3.63, 3.8) is 0 Å².